The molecule has 0 radical (unpaired) electrons. The first-order chi connectivity index (χ1) is 8.61. The quantitative estimate of drug-likeness (QED) is 0.737. The molecule has 1 heterocycles. The monoisotopic (exact) mass is 243 g/mol. The minimum atomic E-state index is 1.23. The number of aryl methyl sites for hydroxylation is 1. The number of piperidine rings is 1. The van der Waals surface area contributed by atoms with E-state index in [0.717, 1.165) is 0 Å². The van der Waals surface area contributed by atoms with E-state index >= 15 is 0 Å². The largest absolute Gasteiger partial charge is 0.375 e. The highest BCUT2D eigenvalue weighted by Gasteiger charge is 2.13. The van der Waals surface area contributed by atoms with Crippen molar-refractivity contribution in [1.29, 1.82) is 0 Å². The summed E-state index contributed by atoms with van der Waals surface area (Å²) in [5.41, 5.74) is 7.13. The lowest BCUT2D eigenvalue weighted by Gasteiger charge is -2.31. The van der Waals surface area contributed by atoms with Crippen LogP contribution in [-0.2, 0) is 0 Å². The molecule has 0 amide bonds. The minimum absolute atomic E-state index is 1.23. The van der Waals surface area contributed by atoms with Gasteiger partial charge in [-0.3, -0.25) is 0 Å². The van der Waals surface area contributed by atoms with Crippen LogP contribution in [0.25, 0.3) is 5.57 Å². The molecule has 1 fully saturated rings. The van der Waals surface area contributed by atoms with Crippen molar-refractivity contribution in [2.24, 2.45) is 0 Å². The van der Waals surface area contributed by atoms with Crippen LogP contribution in [0.4, 0.5) is 0 Å². The van der Waals surface area contributed by atoms with Crippen LogP contribution < -0.4 is 0 Å². The van der Waals surface area contributed by atoms with Crippen molar-refractivity contribution in [2.45, 2.75) is 47.0 Å². The van der Waals surface area contributed by atoms with Gasteiger partial charge in [-0.25, -0.2) is 0 Å². The third-order valence-corrected chi connectivity index (χ3v) is 4.38. The molecule has 98 valence electrons. The zero-order valence-corrected chi connectivity index (χ0v) is 12.2. The van der Waals surface area contributed by atoms with Gasteiger partial charge in [0.15, 0.2) is 0 Å². The van der Waals surface area contributed by atoms with E-state index in [1.54, 1.807) is 0 Å². The van der Waals surface area contributed by atoms with E-state index in [0.29, 0.717) is 0 Å². The minimum Gasteiger partial charge on any atom is -0.375 e. The van der Waals surface area contributed by atoms with Crippen molar-refractivity contribution in [1.82, 2.24) is 4.90 Å². The fourth-order valence-corrected chi connectivity index (χ4v) is 2.82. The van der Waals surface area contributed by atoms with Gasteiger partial charge in [0.25, 0.3) is 0 Å². The van der Waals surface area contributed by atoms with Crippen molar-refractivity contribution >= 4 is 5.57 Å². The predicted molar refractivity (Wildman–Crippen MR) is 79.6 cm³/mol. The van der Waals surface area contributed by atoms with Gasteiger partial charge in [0.1, 0.15) is 0 Å². The first-order valence-electron chi connectivity index (χ1n) is 7.10. The fraction of sp³-hybridized carbons (Fsp3) is 0.529. The van der Waals surface area contributed by atoms with Gasteiger partial charge in [0.05, 0.1) is 0 Å². The molecule has 0 aromatic heterocycles. The molecule has 1 saturated heterocycles. The Hall–Kier alpha value is -1.24. The molecule has 1 aromatic carbocycles. The maximum absolute atomic E-state index is 2.56. The summed E-state index contributed by atoms with van der Waals surface area (Å²) in [5, 5.41) is 0. The standard InChI is InChI=1S/C17H25N/c1-13-9-8-10-17(14(13)2)15(3)16(4)18-11-6-5-7-12-18/h8-10H,5-7,11-12H2,1-4H3. The lowest BCUT2D eigenvalue weighted by Crippen LogP contribution is -2.28. The Kier molecular flexibility index (Phi) is 4.11. The third kappa shape index (κ3) is 2.60. The van der Waals surface area contributed by atoms with Gasteiger partial charge in [-0.05, 0) is 69.2 Å². The second-order valence-electron chi connectivity index (χ2n) is 5.51. The normalized spacial score (nSPS) is 17.7. The van der Waals surface area contributed by atoms with Gasteiger partial charge in [0.2, 0.25) is 0 Å². The second kappa shape index (κ2) is 5.60. The molecular weight excluding hydrogens is 218 g/mol. The smallest absolute Gasteiger partial charge is 0.0175 e. The van der Waals surface area contributed by atoms with E-state index in [-0.39, 0.29) is 0 Å². The number of hydrogen-bond acceptors (Lipinski definition) is 1. The Labute approximate surface area is 112 Å². The molecule has 1 heteroatoms. The SMILES string of the molecule is CC(=C(C)N1CCCCC1)c1cccc(C)c1C. The molecule has 1 aromatic rings. The lowest BCUT2D eigenvalue weighted by atomic mass is 9.96. The van der Waals surface area contributed by atoms with E-state index in [1.807, 2.05) is 0 Å². The van der Waals surface area contributed by atoms with Crippen LogP contribution >= 0.6 is 0 Å². The number of benzene rings is 1. The number of nitrogens with zero attached hydrogens (tertiary/aromatic N) is 1. The summed E-state index contributed by atoms with van der Waals surface area (Å²) in [7, 11) is 0. The molecule has 1 nitrogen and oxygen atoms in total. The lowest BCUT2D eigenvalue weighted by molar-refractivity contribution is 0.287. The highest BCUT2D eigenvalue weighted by molar-refractivity contribution is 5.69. The summed E-state index contributed by atoms with van der Waals surface area (Å²) in [6, 6.07) is 6.62. The van der Waals surface area contributed by atoms with E-state index < -0.39 is 0 Å². The van der Waals surface area contributed by atoms with Crippen molar-refractivity contribution in [3.05, 3.63) is 40.6 Å². The molecule has 2 rings (SSSR count). The highest BCUT2D eigenvalue weighted by atomic mass is 15.1. The fourth-order valence-electron chi connectivity index (χ4n) is 2.82. The van der Waals surface area contributed by atoms with Gasteiger partial charge in [-0.1, -0.05) is 18.2 Å². The first kappa shape index (κ1) is 13.2. The summed E-state index contributed by atoms with van der Waals surface area (Å²) in [4.78, 5) is 2.56. The Balaban J connectivity index is 2.33. The van der Waals surface area contributed by atoms with E-state index in [9.17, 15) is 0 Å². The predicted octanol–water partition coefficient (Wildman–Crippen LogP) is 4.54. The van der Waals surface area contributed by atoms with Crippen LogP contribution in [0.5, 0.6) is 0 Å². The molecule has 0 unspecified atom stereocenters. The zero-order valence-electron chi connectivity index (χ0n) is 12.2. The van der Waals surface area contributed by atoms with Crippen LogP contribution in [0, 0.1) is 13.8 Å². The third-order valence-electron chi connectivity index (χ3n) is 4.38. The maximum atomic E-state index is 2.56. The molecule has 0 spiro atoms. The van der Waals surface area contributed by atoms with Gasteiger partial charge in [-0.2, -0.15) is 0 Å². The Morgan fingerprint density at radius 2 is 1.67 bits per heavy atom. The average Bonchev–Trinajstić information content (AvgIpc) is 2.41. The topological polar surface area (TPSA) is 3.24 Å². The number of likely N-dealkylation sites (tertiary alicyclic amines) is 1. The summed E-state index contributed by atoms with van der Waals surface area (Å²) in [6.07, 6.45) is 4.08. The van der Waals surface area contributed by atoms with Gasteiger partial charge >= 0.3 is 0 Å². The van der Waals surface area contributed by atoms with Gasteiger partial charge in [-0.15, -0.1) is 0 Å². The summed E-state index contributed by atoms with van der Waals surface area (Å²) >= 11 is 0. The van der Waals surface area contributed by atoms with E-state index in [2.05, 4.69) is 50.8 Å². The number of hydrogen-bond donors (Lipinski definition) is 0. The van der Waals surface area contributed by atoms with Crippen molar-refractivity contribution in [2.75, 3.05) is 13.1 Å². The van der Waals surface area contributed by atoms with Gasteiger partial charge < -0.3 is 4.90 Å². The molecule has 0 aliphatic carbocycles. The Morgan fingerprint density at radius 3 is 2.33 bits per heavy atom. The van der Waals surface area contributed by atoms with Crippen LogP contribution in [0.2, 0.25) is 0 Å². The van der Waals surface area contributed by atoms with Crippen LogP contribution in [0.15, 0.2) is 23.9 Å². The molecule has 1 aliphatic heterocycles. The molecule has 0 saturated carbocycles. The molecule has 0 bridgehead atoms. The van der Waals surface area contributed by atoms with E-state index in [1.165, 1.54) is 60.3 Å². The molecular formula is C17H25N. The Morgan fingerprint density at radius 1 is 1.00 bits per heavy atom. The summed E-state index contributed by atoms with van der Waals surface area (Å²) < 4.78 is 0. The molecule has 0 N–H and O–H groups in total. The van der Waals surface area contributed by atoms with Crippen LogP contribution in [0.3, 0.4) is 0 Å². The second-order valence-corrected chi connectivity index (χ2v) is 5.51. The maximum Gasteiger partial charge on any atom is 0.0175 e. The molecule has 18 heavy (non-hydrogen) atoms. The zero-order chi connectivity index (χ0) is 13.1. The van der Waals surface area contributed by atoms with Crippen molar-refractivity contribution in [3.63, 3.8) is 0 Å². The summed E-state index contributed by atoms with van der Waals surface area (Å²) in [6.45, 7) is 11.4. The van der Waals surface area contributed by atoms with Crippen LogP contribution in [-0.4, -0.2) is 18.0 Å². The first-order valence-corrected chi connectivity index (χ1v) is 7.10. The molecule has 0 atom stereocenters. The van der Waals surface area contributed by atoms with Gasteiger partial charge in [0, 0.05) is 18.8 Å². The summed E-state index contributed by atoms with van der Waals surface area (Å²) in [5.74, 6) is 0. The average molecular weight is 243 g/mol. The number of allylic oxidation sites excluding steroid dienone is 2. The Bertz CT molecular complexity index is 451. The van der Waals surface area contributed by atoms with Crippen molar-refractivity contribution < 1.29 is 0 Å². The van der Waals surface area contributed by atoms with E-state index in [4.69, 9.17) is 0 Å². The number of rotatable bonds is 2. The highest BCUT2D eigenvalue weighted by Crippen LogP contribution is 2.26. The van der Waals surface area contributed by atoms with Crippen LogP contribution in [0.1, 0.15) is 49.8 Å². The molecule has 1 aliphatic rings. The van der Waals surface area contributed by atoms with Crippen molar-refractivity contribution in [3.8, 4) is 0 Å².